The summed E-state index contributed by atoms with van der Waals surface area (Å²) in [6.45, 7) is 8.58. The lowest BCUT2D eigenvalue weighted by Gasteiger charge is -2.49. The number of amides is 1. The molecule has 0 radical (unpaired) electrons. The molecular weight excluding hydrogens is 612 g/mol. The molecule has 2 bridgehead atoms. The summed E-state index contributed by atoms with van der Waals surface area (Å²) in [5.74, 6) is 0.451. The van der Waals surface area contributed by atoms with Crippen LogP contribution in [0.3, 0.4) is 0 Å². The first-order valence-electron chi connectivity index (χ1n) is 16.2. The van der Waals surface area contributed by atoms with Gasteiger partial charge in [0.15, 0.2) is 0 Å². The number of carbonyl (C=O) groups is 1. The largest absolute Gasteiger partial charge is 0.487 e. The van der Waals surface area contributed by atoms with Gasteiger partial charge in [-0.25, -0.2) is 13.1 Å². The quantitative estimate of drug-likeness (QED) is 0.294. The summed E-state index contributed by atoms with van der Waals surface area (Å²) in [5.41, 5.74) is 2.83. The number of sulfonamides is 1. The number of rotatable bonds is 4. The lowest BCUT2D eigenvalue weighted by atomic mass is 9.64. The van der Waals surface area contributed by atoms with E-state index in [0.29, 0.717) is 42.9 Å². The molecule has 1 N–H and O–H groups in total. The monoisotopic (exact) mass is 658 g/mol. The van der Waals surface area contributed by atoms with Crippen LogP contribution in [0.25, 0.3) is 0 Å². The van der Waals surface area contributed by atoms with E-state index in [0.717, 1.165) is 56.4 Å². The van der Waals surface area contributed by atoms with Crippen molar-refractivity contribution in [1.82, 2.24) is 4.72 Å². The van der Waals surface area contributed by atoms with Gasteiger partial charge in [0, 0.05) is 30.8 Å². The zero-order valence-corrected chi connectivity index (χ0v) is 28.5. The highest BCUT2D eigenvalue weighted by Gasteiger charge is 2.45. The summed E-state index contributed by atoms with van der Waals surface area (Å²) in [6, 6.07) is 11.2. The lowest BCUT2D eigenvalue weighted by molar-refractivity contribution is -0.0967. The number of hydrogen-bond acceptors (Lipinski definition) is 7. The number of hydrogen-bond donors (Lipinski definition) is 1. The third kappa shape index (κ3) is 7.87. The van der Waals surface area contributed by atoms with Gasteiger partial charge in [0.1, 0.15) is 12.4 Å². The molecule has 0 saturated heterocycles. The second kappa shape index (κ2) is 14.4. The van der Waals surface area contributed by atoms with Gasteiger partial charge in [-0.2, -0.15) is 0 Å². The number of aryl methyl sites for hydroxylation is 1. The van der Waals surface area contributed by atoms with Crippen molar-refractivity contribution in [3.8, 4) is 5.75 Å². The minimum Gasteiger partial charge on any atom is -0.487 e. The second-order valence-electron chi connectivity index (χ2n) is 13.1. The van der Waals surface area contributed by atoms with E-state index in [1.807, 2.05) is 25.1 Å². The van der Waals surface area contributed by atoms with Crippen LogP contribution in [-0.2, 0) is 32.5 Å². The summed E-state index contributed by atoms with van der Waals surface area (Å²) in [5, 5.41) is -0.0605. The van der Waals surface area contributed by atoms with Crippen LogP contribution < -0.4 is 14.4 Å². The van der Waals surface area contributed by atoms with E-state index in [1.165, 1.54) is 5.56 Å². The molecule has 10 heteroatoms. The summed E-state index contributed by atoms with van der Waals surface area (Å²) in [4.78, 5) is 15.8. The average Bonchev–Trinajstić information content (AvgIpc) is 3.01. The van der Waals surface area contributed by atoms with Gasteiger partial charge in [-0.3, -0.25) is 4.79 Å². The van der Waals surface area contributed by atoms with Crippen molar-refractivity contribution >= 4 is 33.2 Å². The molecule has 0 unspecified atom stereocenters. The van der Waals surface area contributed by atoms with Crippen molar-refractivity contribution in [3.05, 3.63) is 70.3 Å². The first kappa shape index (κ1) is 33.8. The van der Waals surface area contributed by atoms with Crippen molar-refractivity contribution in [2.24, 2.45) is 17.8 Å². The highest BCUT2D eigenvalue weighted by molar-refractivity contribution is 7.90. The summed E-state index contributed by atoms with van der Waals surface area (Å²) in [6.07, 6.45) is 9.65. The number of halogens is 1. The van der Waals surface area contributed by atoms with E-state index < -0.39 is 26.8 Å². The first-order chi connectivity index (χ1) is 21.5. The zero-order valence-electron chi connectivity index (χ0n) is 26.9. The molecule has 1 saturated carbocycles. The van der Waals surface area contributed by atoms with Gasteiger partial charge in [-0.15, -0.1) is 0 Å². The Morgan fingerprint density at radius 2 is 1.91 bits per heavy atom. The van der Waals surface area contributed by atoms with Gasteiger partial charge in [0.25, 0.3) is 5.91 Å². The number of allylic oxidation sites excluding steroid dienone is 1. The maximum Gasteiger partial charge on any atom is 0.264 e. The number of ether oxygens (including phenoxy) is 3. The van der Waals surface area contributed by atoms with Crippen molar-refractivity contribution in [1.29, 1.82) is 0 Å². The van der Waals surface area contributed by atoms with E-state index >= 15 is 0 Å². The SMILES string of the molecule is COCCO[C@@]1(C)/C=C/C[C@H](C)[C@@H](C)S(=O)(=O)NC(=O)c2ccc3c(c2)N(CCCCc2cc(Cl)ccc2CO3)C[C@@H]2CC[C@H]21. The number of benzene rings is 2. The highest BCUT2D eigenvalue weighted by Crippen LogP contribution is 2.46. The van der Waals surface area contributed by atoms with E-state index in [-0.39, 0.29) is 17.4 Å². The Bertz CT molecular complexity index is 1500. The van der Waals surface area contributed by atoms with E-state index in [9.17, 15) is 13.2 Å². The molecule has 5 atom stereocenters. The van der Waals surface area contributed by atoms with Gasteiger partial charge >= 0.3 is 0 Å². The molecule has 0 spiro atoms. The van der Waals surface area contributed by atoms with Crippen LogP contribution in [0.2, 0.25) is 5.02 Å². The molecule has 45 heavy (non-hydrogen) atoms. The Morgan fingerprint density at radius 1 is 1.09 bits per heavy atom. The molecule has 3 aliphatic rings. The highest BCUT2D eigenvalue weighted by atomic mass is 35.5. The van der Waals surface area contributed by atoms with E-state index in [1.54, 1.807) is 32.2 Å². The Morgan fingerprint density at radius 3 is 2.67 bits per heavy atom. The van der Waals surface area contributed by atoms with Crippen molar-refractivity contribution in [2.75, 3.05) is 38.3 Å². The standard InChI is InChI=1S/C35H47ClN2O6S/c1-24-8-7-16-35(3,44-19-18-42-4)31-14-11-28(31)22-38-17-6-5-9-26-20-30(36)13-10-29(26)23-43-33-15-12-27(21-32(33)38)34(39)37-45(40,41)25(24)2/h7,10,12-13,15-16,20-21,24-25,28,31H,5-6,8-9,11,14,17-19,22-23H2,1-4H3,(H,37,39)/b16-7+/t24-,25+,28-,31+,35-/m0/s1. The second-order valence-corrected chi connectivity index (χ2v) is 15.5. The molecule has 2 aromatic carbocycles. The summed E-state index contributed by atoms with van der Waals surface area (Å²) >= 11 is 6.35. The van der Waals surface area contributed by atoms with Crippen LogP contribution in [0.15, 0.2) is 48.6 Å². The molecule has 5 rings (SSSR count). The molecular formula is C35H47ClN2O6S. The van der Waals surface area contributed by atoms with Crippen LogP contribution in [0.1, 0.15) is 74.4 Å². The van der Waals surface area contributed by atoms with E-state index in [2.05, 4.69) is 28.7 Å². The Kier molecular flexibility index (Phi) is 10.8. The predicted molar refractivity (Wildman–Crippen MR) is 179 cm³/mol. The normalized spacial score (nSPS) is 29.5. The Balaban J connectivity index is 1.55. The topological polar surface area (TPSA) is 94.2 Å². The molecule has 2 aromatic rings. The maximum absolute atomic E-state index is 13.4. The van der Waals surface area contributed by atoms with Crippen LogP contribution in [-0.4, -0.2) is 58.6 Å². The minimum absolute atomic E-state index is 0.214. The van der Waals surface area contributed by atoms with Crippen LogP contribution in [0, 0.1) is 17.8 Å². The molecule has 1 fully saturated rings. The van der Waals surface area contributed by atoms with Crippen LogP contribution >= 0.6 is 11.6 Å². The van der Waals surface area contributed by atoms with E-state index in [4.69, 9.17) is 25.8 Å². The van der Waals surface area contributed by atoms with Crippen LogP contribution in [0.5, 0.6) is 5.75 Å². The summed E-state index contributed by atoms with van der Waals surface area (Å²) < 4.78 is 47.3. The number of fused-ring (bicyclic) bond motifs is 3. The lowest BCUT2D eigenvalue weighted by Crippen LogP contribution is -2.50. The molecule has 1 amide bonds. The van der Waals surface area contributed by atoms with Gasteiger partial charge in [-0.1, -0.05) is 36.7 Å². The molecule has 8 nitrogen and oxygen atoms in total. The number of nitrogens with zero attached hydrogens (tertiary/aromatic N) is 1. The zero-order chi connectivity index (χ0) is 32.2. The molecule has 0 aromatic heterocycles. The smallest absolute Gasteiger partial charge is 0.264 e. The number of carbonyl (C=O) groups excluding carboxylic acids is 1. The molecule has 1 aliphatic carbocycles. The third-order valence-corrected chi connectivity index (χ3v) is 12.2. The van der Waals surface area contributed by atoms with Gasteiger partial charge < -0.3 is 19.1 Å². The van der Waals surface area contributed by atoms with Gasteiger partial charge in [0.2, 0.25) is 10.0 Å². The average molecular weight is 659 g/mol. The van der Waals surface area contributed by atoms with Crippen LogP contribution in [0.4, 0.5) is 5.69 Å². The third-order valence-electron chi connectivity index (χ3n) is 10.0. The fourth-order valence-corrected chi connectivity index (χ4v) is 8.30. The Labute approximate surface area is 273 Å². The fraction of sp³-hybridized carbons (Fsp3) is 0.571. The number of methoxy groups -OCH3 is 1. The minimum atomic E-state index is -3.93. The number of nitrogens with one attached hydrogen (secondary N) is 1. The molecule has 246 valence electrons. The predicted octanol–water partition coefficient (Wildman–Crippen LogP) is 6.55. The maximum atomic E-state index is 13.4. The van der Waals surface area contributed by atoms with Crippen molar-refractivity contribution in [2.45, 2.75) is 76.8 Å². The molecule has 2 heterocycles. The molecule has 2 aliphatic heterocycles. The fourth-order valence-electron chi connectivity index (χ4n) is 6.82. The number of anilines is 1. The summed E-state index contributed by atoms with van der Waals surface area (Å²) in [7, 11) is -2.26. The first-order valence-corrected chi connectivity index (χ1v) is 18.1. The Hall–Kier alpha value is -2.59. The van der Waals surface area contributed by atoms with Crippen molar-refractivity contribution < 1.29 is 27.4 Å². The van der Waals surface area contributed by atoms with Gasteiger partial charge in [0.05, 0.1) is 29.8 Å². The van der Waals surface area contributed by atoms with Crippen molar-refractivity contribution in [3.63, 3.8) is 0 Å². The van der Waals surface area contributed by atoms with Gasteiger partial charge in [-0.05, 0) is 112 Å².